The third-order valence-electron chi connectivity index (χ3n) is 5.52. The van der Waals surface area contributed by atoms with Gasteiger partial charge in [-0.2, -0.15) is 0 Å². The molecule has 1 fully saturated rings. The Morgan fingerprint density at radius 1 is 1.11 bits per heavy atom. The summed E-state index contributed by atoms with van der Waals surface area (Å²) in [7, 11) is 0. The number of carbonyl (C=O) groups is 2. The highest BCUT2D eigenvalue weighted by molar-refractivity contribution is 9.10. The first-order chi connectivity index (χ1) is 17.7. The average molecular weight is 568 g/mol. The third kappa shape index (κ3) is 7.70. The second kappa shape index (κ2) is 11.7. The number of aromatic nitrogens is 3. The van der Waals surface area contributed by atoms with E-state index in [-0.39, 0.29) is 12.0 Å². The Hall–Kier alpha value is -3.57. The normalized spacial score (nSPS) is 14.6. The molecule has 10 nitrogen and oxygen atoms in total. The first-order valence-electron chi connectivity index (χ1n) is 12.0. The van der Waals surface area contributed by atoms with E-state index in [1.807, 2.05) is 51.1 Å². The number of anilines is 3. The molecule has 37 heavy (non-hydrogen) atoms. The van der Waals surface area contributed by atoms with Gasteiger partial charge in [0.2, 0.25) is 5.91 Å². The Labute approximate surface area is 224 Å². The fraction of sp³-hybridized carbons (Fsp3) is 0.346. The molecule has 3 heterocycles. The van der Waals surface area contributed by atoms with E-state index in [4.69, 9.17) is 4.74 Å². The molecule has 0 spiro atoms. The van der Waals surface area contributed by atoms with Crippen LogP contribution >= 0.6 is 15.9 Å². The number of ether oxygens (including phenoxy) is 1. The van der Waals surface area contributed by atoms with Crippen LogP contribution in [-0.2, 0) is 9.53 Å². The molecule has 1 saturated heterocycles. The van der Waals surface area contributed by atoms with Gasteiger partial charge in [-0.3, -0.25) is 9.69 Å². The fourth-order valence-electron chi connectivity index (χ4n) is 3.75. The minimum absolute atomic E-state index is 0.280. The zero-order valence-corrected chi connectivity index (χ0v) is 22.7. The van der Waals surface area contributed by atoms with Crippen molar-refractivity contribution in [2.24, 2.45) is 0 Å². The molecule has 4 rings (SSSR count). The molecule has 2 aromatic heterocycles. The standard InChI is InChI=1S/C26H30BrN7O3/c1-26(2,3)37-25(36)34-12-10-33(11-13-34)9-5-8-23(35)32-22-15-20-21(16-28-22)29-17-30-24(20)31-19-7-4-6-18(27)14-19/h4-8,14-17H,9-13H2,1-3H3,(H,28,32,35)(H,29,30,31)/b8-5-. The van der Waals surface area contributed by atoms with Crippen molar-refractivity contribution in [3.63, 3.8) is 0 Å². The molecule has 2 N–H and O–H groups in total. The molecule has 0 atom stereocenters. The van der Waals surface area contributed by atoms with Gasteiger partial charge in [0.1, 0.15) is 23.6 Å². The van der Waals surface area contributed by atoms with Crippen molar-refractivity contribution in [1.82, 2.24) is 24.8 Å². The molecule has 1 aliphatic rings. The Morgan fingerprint density at radius 2 is 1.89 bits per heavy atom. The Morgan fingerprint density at radius 3 is 2.62 bits per heavy atom. The van der Waals surface area contributed by atoms with Gasteiger partial charge in [0, 0.05) is 54.3 Å². The fourth-order valence-corrected chi connectivity index (χ4v) is 4.15. The van der Waals surface area contributed by atoms with Crippen LogP contribution < -0.4 is 10.6 Å². The molecule has 2 amide bonds. The maximum absolute atomic E-state index is 12.5. The Balaban J connectivity index is 1.31. The lowest BCUT2D eigenvalue weighted by molar-refractivity contribution is -0.111. The number of nitrogens with zero attached hydrogens (tertiary/aromatic N) is 5. The summed E-state index contributed by atoms with van der Waals surface area (Å²) >= 11 is 3.47. The maximum atomic E-state index is 12.5. The molecule has 194 valence electrons. The van der Waals surface area contributed by atoms with Crippen molar-refractivity contribution < 1.29 is 14.3 Å². The second-order valence-corrected chi connectivity index (χ2v) is 10.5. The molecule has 0 aliphatic carbocycles. The largest absolute Gasteiger partial charge is 0.444 e. The molecule has 0 saturated carbocycles. The van der Waals surface area contributed by atoms with Crippen LogP contribution in [0.25, 0.3) is 10.9 Å². The van der Waals surface area contributed by atoms with Gasteiger partial charge in [0.05, 0.1) is 11.7 Å². The number of piperazine rings is 1. The van der Waals surface area contributed by atoms with Gasteiger partial charge >= 0.3 is 6.09 Å². The van der Waals surface area contributed by atoms with Crippen molar-refractivity contribution in [3.8, 4) is 0 Å². The monoisotopic (exact) mass is 567 g/mol. The van der Waals surface area contributed by atoms with Crippen LogP contribution in [0.5, 0.6) is 0 Å². The number of amides is 2. The number of pyridine rings is 1. The molecule has 0 bridgehead atoms. The lowest BCUT2D eigenvalue weighted by Crippen LogP contribution is -2.49. The molecule has 0 unspecified atom stereocenters. The molecular formula is C26H30BrN7O3. The third-order valence-corrected chi connectivity index (χ3v) is 6.01. The SMILES string of the molecule is CC(C)(C)OC(=O)N1CCN(C/C=C\C(=O)Nc2cc3c(Nc4cccc(Br)c4)ncnc3cn2)CC1. The summed E-state index contributed by atoms with van der Waals surface area (Å²) < 4.78 is 6.38. The molecule has 3 aromatic rings. The van der Waals surface area contributed by atoms with E-state index in [1.54, 1.807) is 17.2 Å². The van der Waals surface area contributed by atoms with Crippen molar-refractivity contribution in [2.45, 2.75) is 26.4 Å². The van der Waals surface area contributed by atoms with E-state index in [1.165, 1.54) is 12.4 Å². The smallest absolute Gasteiger partial charge is 0.410 e. The van der Waals surface area contributed by atoms with E-state index in [0.717, 1.165) is 15.5 Å². The van der Waals surface area contributed by atoms with Gasteiger partial charge in [-0.15, -0.1) is 0 Å². The first kappa shape index (κ1) is 26.5. The van der Waals surface area contributed by atoms with Crippen LogP contribution in [-0.4, -0.2) is 75.1 Å². The Kier molecular flexibility index (Phi) is 8.34. The van der Waals surface area contributed by atoms with Gasteiger partial charge < -0.3 is 20.3 Å². The summed E-state index contributed by atoms with van der Waals surface area (Å²) in [6, 6.07) is 9.50. The summed E-state index contributed by atoms with van der Waals surface area (Å²) in [6.45, 7) is 8.79. The van der Waals surface area contributed by atoms with Crippen LogP contribution in [0.4, 0.5) is 22.1 Å². The highest BCUT2D eigenvalue weighted by atomic mass is 79.9. The van der Waals surface area contributed by atoms with Gasteiger partial charge in [-0.1, -0.05) is 28.1 Å². The lowest BCUT2D eigenvalue weighted by atomic mass is 10.2. The number of halogens is 1. The van der Waals surface area contributed by atoms with Crippen LogP contribution in [0.3, 0.4) is 0 Å². The minimum atomic E-state index is -0.505. The van der Waals surface area contributed by atoms with E-state index < -0.39 is 5.60 Å². The van der Waals surface area contributed by atoms with Crippen LogP contribution in [0.1, 0.15) is 20.8 Å². The van der Waals surface area contributed by atoms with Gasteiger partial charge in [0.25, 0.3) is 0 Å². The predicted octanol–water partition coefficient (Wildman–Crippen LogP) is 4.58. The van der Waals surface area contributed by atoms with Gasteiger partial charge in [0.15, 0.2) is 0 Å². The summed E-state index contributed by atoms with van der Waals surface area (Å²) in [4.78, 5) is 41.5. The van der Waals surface area contributed by atoms with Crippen molar-refractivity contribution >= 4 is 56.2 Å². The van der Waals surface area contributed by atoms with Crippen LogP contribution in [0.15, 0.2) is 59.5 Å². The number of carbonyl (C=O) groups excluding carboxylic acids is 2. The summed E-state index contributed by atoms with van der Waals surface area (Å²) in [6.07, 6.45) is 6.09. The minimum Gasteiger partial charge on any atom is -0.444 e. The van der Waals surface area contributed by atoms with Crippen molar-refractivity contribution in [3.05, 3.63) is 59.5 Å². The summed E-state index contributed by atoms with van der Waals surface area (Å²) in [5, 5.41) is 6.82. The van der Waals surface area contributed by atoms with E-state index >= 15 is 0 Å². The van der Waals surface area contributed by atoms with Crippen LogP contribution in [0.2, 0.25) is 0 Å². The number of rotatable bonds is 6. The van der Waals surface area contributed by atoms with Gasteiger partial charge in [-0.05, 0) is 45.0 Å². The second-order valence-electron chi connectivity index (χ2n) is 9.60. The van der Waals surface area contributed by atoms with E-state index in [2.05, 4.69) is 46.4 Å². The summed E-state index contributed by atoms with van der Waals surface area (Å²) in [5.41, 5.74) is 1.02. The molecular weight excluding hydrogens is 538 g/mol. The van der Waals surface area contributed by atoms with E-state index in [0.29, 0.717) is 49.9 Å². The highest BCUT2D eigenvalue weighted by Gasteiger charge is 2.25. The molecule has 1 aromatic carbocycles. The number of benzene rings is 1. The van der Waals surface area contributed by atoms with Gasteiger partial charge in [-0.25, -0.2) is 19.7 Å². The summed E-state index contributed by atoms with van der Waals surface area (Å²) in [5.74, 6) is 0.736. The maximum Gasteiger partial charge on any atom is 0.410 e. The molecule has 1 aliphatic heterocycles. The highest BCUT2D eigenvalue weighted by Crippen LogP contribution is 2.26. The topological polar surface area (TPSA) is 113 Å². The zero-order chi connectivity index (χ0) is 26.4. The van der Waals surface area contributed by atoms with Crippen molar-refractivity contribution in [1.29, 1.82) is 0 Å². The zero-order valence-electron chi connectivity index (χ0n) is 21.1. The quantitative estimate of drug-likeness (QED) is 0.416. The molecule has 11 heteroatoms. The van der Waals surface area contributed by atoms with Crippen molar-refractivity contribution in [2.75, 3.05) is 43.4 Å². The molecule has 0 radical (unpaired) electrons. The Bertz CT molecular complexity index is 1300. The lowest BCUT2D eigenvalue weighted by Gasteiger charge is -2.35. The van der Waals surface area contributed by atoms with E-state index in [9.17, 15) is 9.59 Å². The first-order valence-corrected chi connectivity index (χ1v) is 12.8. The number of hydrogen-bond acceptors (Lipinski definition) is 8. The predicted molar refractivity (Wildman–Crippen MR) is 147 cm³/mol. The average Bonchev–Trinajstić information content (AvgIpc) is 2.84. The number of fused-ring (bicyclic) bond motifs is 1. The number of nitrogens with one attached hydrogen (secondary N) is 2. The van der Waals surface area contributed by atoms with Crippen LogP contribution in [0, 0.1) is 0 Å². The number of hydrogen-bond donors (Lipinski definition) is 2.